The van der Waals surface area contributed by atoms with Gasteiger partial charge in [-0.2, -0.15) is 22.4 Å². The molecule has 0 radical (unpaired) electrons. The highest BCUT2D eigenvalue weighted by Gasteiger charge is 2.49. The third-order valence-electron chi connectivity index (χ3n) is 5.78. The molecule has 0 bridgehead atoms. The molecule has 3 saturated heterocycles. The minimum atomic E-state index is -3.59. The van der Waals surface area contributed by atoms with Crippen molar-refractivity contribution in [3.8, 4) is 0 Å². The molecule has 182 valence electrons. The second-order valence-electron chi connectivity index (χ2n) is 8.06. The average molecular weight is 501 g/mol. The highest BCUT2D eigenvalue weighted by Crippen LogP contribution is 2.31. The molecular formula is C19H29ClN8O4S. The summed E-state index contributed by atoms with van der Waals surface area (Å²) in [6.45, 7) is 1.62. The maximum absolute atomic E-state index is 12.8. The fourth-order valence-corrected chi connectivity index (χ4v) is 5.80. The van der Waals surface area contributed by atoms with E-state index in [1.54, 1.807) is 7.05 Å². The number of aromatic nitrogens is 2. The Bertz CT molecular complexity index is 1000. The summed E-state index contributed by atoms with van der Waals surface area (Å²) in [4.78, 5) is 12.5. The topological polar surface area (TPSA) is 156 Å². The highest BCUT2D eigenvalue weighted by atomic mass is 35.5. The van der Waals surface area contributed by atoms with Crippen molar-refractivity contribution in [3.05, 3.63) is 23.1 Å². The van der Waals surface area contributed by atoms with Gasteiger partial charge < -0.3 is 25.8 Å². The number of nitrogens with one attached hydrogen (secondary N) is 3. The molecule has 5 N–H and O–H groups in total. The minimum Gasteiger partial charge on any atom is -0.403 e. The van der Waals surface area contributed by atoms with Crippen LogP contribution < -0.4 is 21.1 Å². The minimum absolute atomic E-state index is 0.228. The molecule has 1 aromatic heterocycles. The molecular weight excluding hydrogens is 472 g/mol. The molecule has 4 heterocycles. The van der Waals surface area contributed by atoms with E-state index in [1.165, 1.54) is 22.9 Å². The number of rotatable bonds is 8. The number of piperidine rings is 1. The van der Waals surface area contributed by atoms with Gasteiger partial charge in [-0.15, -0.1) is 0 Å². The molecule has 4 rings (SSSR count). The van der Waals surface area contributed by atoms with Crippen LogP contribution in [0.25, 0.3) is 0 Å². The lowest BCUT2D eigenvalue weighted by Gasteiger charge is -2.28. The van der Waals surface area contributed by atoms with Gasteiger partial charge in [-0.3, -0.25) is 4.99 Å². The molecule has 0 aliphatic carbocycles. The van der Waals surface area contributed by atoms with Crippen molar-refractivity contribution >= 4 is 39.8 Å². The van der Waals surface area contributed by atoms with Crippen LogP contribution >= 0.6 is 11.6 Å². The monoisotopic (exact) mass is 500 g/mol. The van der Waals surface area contributed by atoms with E-state index in [2.05, 4.69) is 30.3 Å². The fourth-order valence-electron chi connectivity index (χ4n) is 4.18. The molecule has 33 heavy (non-hydrogen) atoms. The van der Waals surface area contributed by atoms with E-state index >= 15 is 0 Å². The van der Waals surface area contributed by atoms with Crippen LogP contribution in [0.5, 0.6) is 0 Å². The number of ether oxygens (including phenoxy) is 2. The van der Waals surface area contributed by atoms with Crippen molar-refractivity contribution < 1.29 is 17.9 Å². The number of hydrogen-bond acceptors (Lipinski definition) is 10. The van der Waals surface area contributed by atoms with Crippen LogP contribution in [0.3, 0.4) is 0 Å². The van der Waals surface area contributed by atoms with Crippen molar-refractivity contribution in [2.45, 2.75) is 43.6 Å². The van der Waals surface area contributed by atoms with Crippen molar-refractivity contribution in [1.29, 1.82) is 0 Å². The number of fused-ring (bicyclic) bond motifs is 1. The van der Waals surface area contributed by atoms with Gasteiger partial charge in [-0.25, -0.2) is 4.98 Å². The van der Waals surface area contributed by atoms with E-state index in [4.69, 9.17) is 26.8 Å². The third-order valence-corrected chi connectivity index (χ3v) is 7.70. The first-order valence-electron chi connectivity index (χ1n) is 10.8. The van der Waals surface area contributed by atoms with Crippen LogP contribution in [0.2, 0.25) is 5.02 Å². The Balaban J connectivity index is 1.40. The smallest absolute Gasteiger partial charge is 0.279 e. The Morgan fingerprint density at radius 2 is 1.94 bits per heavy atom. The number of anilines is 2. The predicted octanol–water partition coefficient (Wildman–Crippen LogP) is 0.310. The molecule has 1 aromatic rings. The zero-order chi connectivity index (χ0) is 23.4. The maximum atomic E-state index is 12.8. The molecule has 4 atom stereocenters. The first kappa shape index (κ1) is 24.1. The zero-order valence-electron chi connectivity index (χ0n) is 18.3. The summed E-state index contributed by atoms with van der Waals surface area (Å²) >= 11 is 6.29. The van der Waals surface area contributed by atoms with Crippen molar-refractivity contribution in [2.75, 3.05) is 44.0 Å². The first-order chi connectivity index (χ1) is 15.9. The second kappa shape index (κ2) is 10.5. The Labute approximate surface area is 198 Å². The first-order valence-corrected chi connectivity index (χ1v) is 12.6. The van der Waals surface area contributed by atoms with Gasteiger partial charge >= 0.3 is 0 Å². The number of aliphatic imine (C=N–C) groups is 1. The predicted molar refractivity (Wildman–Crippen MR) is 126 cm³/mol. The van der Waals surface area contributed by atoms with E-state index in [1.807, 2.05) is 0 Å². The summed E-state index contributed by atoms with van der Waals surface area (Å²) in [6.07, 6.45) is 6.40. The summed E-state index contributed by atoms with van der Waals surface area (Å²) in [7, 11) is -1.96. The Morgan fingerprint density at radius 1 is 1.24 bits per heavy atom. The van der Waals surface area contributed by atoms with Gasteiger partial charge in [-0.05, 0) is 12.8 Å². The SMILES string of the molecule is CN=CC(=CN)Nc1ncc(Cl)c(NC2COC3C(NS(=O)(=O)N4CCCCC4)COC23)n1. The fraction of sp³-hybridized carbons (Fsp3) is 0.632. The molecule has 3 aliphatic rings. The molecule has 14 heteroatoms. The van der Waals surface area contributed by atoms with Crippen molar-refractivity contribution in [1.82, 2.24) is 19.0 Å². The van der Waals surface area contributed by atoms with Crippen LogP contribution in [0, 0.1) is 0 Å². The summed E-state index contributed by atoms with van der Waals surface area (Å²) in [5.41, 5.74) is 6.10. The highest BCUT2D eigenvalue weighted by molar-refractivity contribution is 7.87. The van der Waals surface area contributed by atoms with Gasteiger partial charge in [0.15, 0.2) is 5.82 Å². The average Bonchev–Trinajstić information content (AvgIpc) is 3.39. The van der Waals surface area contributed by atoms with Gasteiger partial charge in [0.2, 0.25) is 5.95 Å². The third kappa shape index (κ3) is 5.55. The molecule has 0 aromatic carbocycles. The van der Waals surface area contributed by atoms with Gasteiger partial charge in [0.25, 0.3) is 10.2 Å². The van der Waals surface area contributed by atoms with Crippen LogP contribution in [0.4, 0.5) is 11.8 Å². The number of hydrogen-bond donors (Lipinski definition) is 4. The standard InChI is InChI=1S/C19H29ClN8O4S/c1-22-8-12(7-21)24-19-23-9-13(20)18(26-19)25-14-10-31-17-15(11-32-16(14)17)27-33(29,30)28-5-3-2-4-6-28/h7-9,14-17,27H,2-6,10-11,21H2,1H3,(H2,23,24,25,26). The lowest BCUT2D eigenvalue weighted by atomic mass is 10.1. The number of halogens is 1. The summed E-state index contributed by atoms with van der Waals surface area (Å²) in [6, 6.07) is -0.723. The van der Waals surface area contributed by atoms with E-state index in [9.17, 15) is 8.42 Å². The van der Waals surface area contributed by atoms with Crippen LogP contribution in [0.15, 0.2) is 23.1 Å². The molecule has 0 saturated carbocycles. The number of allylic oxidation sites excluding steroid dienone is 1. The largest absolute Gasteiger partial charge is 0.403 e. The molecule has 0 amide bonds. The number of nitrogens with two attached hydrogens (primary N) is 1. The maximum Gasteiger partial charge on any atom is 0.279 e. The van der Waals surface area contributed by atoms with Gasteiger partial charge in [0, 0.05) is 32.6 Å². The van der Waals surface area contributed by atoms with Crippen LogP contribution in [0.1, 0.15) is 19.3 Å². The van der Waals surface area contributed by atoms with Crippen LogP contribution in [-0.2, 0) is 19.7 Å². The van der Waals surface area contributed by atoms with E-state index in [-0.39, 0.29) is 24.7 Å². The van der Waals surface area contributed by atoms with E-state index < -0.39 is 22.4 Å². The lowest BCUT2D eigenvalue weighted by Crippen LogP contribution is -2.51. The molecule has 3 aliphatic heterocycles. The summed E-state index contributed by atoms with van der Waals surface area (Å²) < 4.78 is 41.6. The van der Waals surface area contributed by atoms with Gasteiger partial charge in [-0.1, -0.05) is 18.0 Å². The quantitative estimate of drug-likeness (QED) is 0.369. The van der Waals surface area contributed by atoms with Crippen molar-refractivity contribution in [3.63, 3.8) is 0 Å². The second-order valence-corrected chi connectivity index (χ2v) is 10.2. The number of nitrogens with zero attached hydrogens (tertiary/aromatic N) is 4. The molecule has 4 unspecified atom stereocenters. The van der Waals surface area contributed by atoms with Crippen molar-refractivity contribution in [2.24, 2.45) is 10.7 Å². The normalized spacial score (nSPS) is 28.8. The molecule has 3 fully saturated rings. The van der Waals surface area contributed by atoms with E-state index in [0.29, 0.717) is 36.2 Å². The zero-order valence-corrected chi connectivity index (χ0v) is 19.8. The summed E-state index contributed by atoms with van der Waals surface area (Å²) in [5, 5.41) is 6.53. The Kier molecular flexibility index (Phi) is 7.66. The van der Waals surface area contributed by atoms with Crippen LogP contribution in [-0.4, -0.2) is 86.5 Å². The van der Waals surface area contributed by atoms with Gasteiger partial charge in [0.1, 0.15) is 17.2 Å². The molecule has 12 nitrogen and oxygen atoms in total. The van der Waals surface area contributed by atoms with E-state index in [0.717, 1.165) is 19.3 Å². The Morgan fingerprint density at radius 3 is 2.64 bits per heavy atom. The lowest BCUT2D eigenvalue weighted by molar-refractivity contribution is 0.0689. The molecule has 0 spiro atoms. The van der Waals surface area contributed by atoms with Gasteiger partial charge in [0.05, 0.1) is 37.2 Å². The summed E-state index contributed by atoms with van der Waals surface area (Å²) in [5.74, 6) is 0.683. The Hall–Kier alpha value is -2.03.